The molecule has 0 bridgehead atoms. The quantitative estimate of drug-likeness (QED) is 0.599. The van der Waals surface area contributed by atoms with Crippen LogP contribution < -0.4 is 5.32 Å². The second-order valence-corrected chi connectivity index (χ2v) is 8.36. The molecule has 1 aliphatic heterocycles. The number of hydrogen-bond donors (Lipinski definition) is 1. The van der Waals surface area contributed by atoms with Gasteiger partial charge in [0.25, 0.3) is 5.91 Å². The predicted octanol–water partition coefficient (Wildman–Crippen LogP) is 3.45. The highest BCUT2D eigenvalue weighted by atomic mass is 16.5. The number of pyridine rings is 1. The first-order valence-electron chi connectivity index (χ1n) is 11.2. The van der Waals surface area contributed by atoms with Gasteiger partial charge in [-0.2, -0.15) is 5.10 Å². The van der Waals surface area contributed by atoms with Gasteiger partial charge < -0.3 is 15.0 Å². The van der Waals surface area contributed by atoms with Gasteiger partial charge in [0, 0.05) is 25.0 Å². The van der Waals surface area contributed by atoms with Gasteiger partial charge in [-0.05, 0) is 62.9 Å². The van der Waals surface area contributed by atoms with Crippen molar-refractivity contribution < 1.29 is 14.3 Å². The summed E-state index contributed by atoms with van der Waals surface area (Å²) in [4.78, 5) is 32.3. The summed E-state index contributed by atoms with van der Waals surface area (Å²) in [5, 5.41) is 7.32. The van der Waals surface area contributed by atoms with Crippen molar-refractivity contribution in [1.29, 1.82) is 0 Å². The largest absolute Gasteiger partial charge is 0.376 e. The molecule has 0 saturated carbocycles. The zero-order valence-corrected chi connectivity index (χ0v) is 19.2. The lowest BCUT2D eigenvalue weighted by atomic mass is 10.1. The number of amides is 2. The van der Waals surface area contributed by atoms with Crippen molar-refractivity contribution in [3.8, 4) is 5.82 Å². The molecule has 2 amide bonds. The van der Waals surface area contributed by atoms with Gasteiger partial charge in [0.15, 0.2) is 5.82 Å². The summed E-state index contributed by atoms with van der Waals surface area (Å²) >= 11 is 0. The molecule has 0 radical (unpaired) electrons. The van der Waals surface area contributed by atoms with Gasteiger partial charge in [0.05, 0.1) is 23.6 Å². The molecule has 0 spiro atoms. The van der Waals surface area contributed by atoms with E-state index < -0.39 is 0 Å². The Morgan fingerprint density at radius 2 is 2.03 bits per heavy atom. The van der Waals surface area contributed by atoms with E-state index in [-0.39, 0.29) is 24.5 Å². The van der Waals surface area contributed by atoms with Crippen molar-refractivity contribution in [2.75, 3.05) is 25.0 Å². The van der Waals surface area contributed by atoms with Gasteiger partial charge in [-0.3, -0.25) is 9.59 Å². The van der Waals surface area contributed by atoms with E-state index in [2.05, 4.69) is 15.4 Å². The highest BCUT2D eigenvalue weighted by Crippen LogP contribution is 2.20. The molecule has 0 aliphatic carbocycles. The zero-order valence-electron chi connectivity index (χ0n) is 19.2. The number of carbonyl (C=O) groups excluding carboxylic acids is 2. The third kappa shape index (κ3) is 5.12. The number of nitrogens with zero attached hydrogens (tertiary/aromatic N) is 4. The van der Waals surface area contributed by atoms with E-state index in [1.807, 2.05) is 57.2 Å². The molecule has 4 rings (SSSR count). The van der Waals surface area contributed by atoms with Crippen LogP contribution in [0.1, 0.15) is 40.0 Å². The number of benzene rings is 1. The van der Waals surface area contributed by atoms with E-state index in [0.29, 0.717) is 30.2 Å². The van der Waals surface area contributed by atoms with Crippen LogP contribution in [0.25, 0.3) is 5.82 Å². The molecule has 172 valence electrons. The Bertz CT molecular complexity index is 1140. The monoisotopic (exact) mass is 447 g/mol. The number of aromatic nitrogens is 3. The fourth-order valence-corrected chi connectivity index (χ4v) is 4.00. The summed E-state index contributed by atoms with van der Waals surface area (Å²) in [6.45, 7) is 6.76. The highest BCUT2D eigenvalue weighted by Gasteiger charge is 2.28. The van der Waals surface area contributed by atoms with Crippen molar-refractivity contribution >= 4 is 17.5 Å². The Kier molecular flexibility index (Phi) is 6.84. The first kappa shape index (κ1) is 22.7. The van der Waals surface area contributed by atoms with Crippen LogP contribution in [0, 0.1) is 20.8 Å². The first-order chi connectivity index (χ1) is 15.9. The summed E-state index contributed by atoms with van der Waals surface area (Å²) in [5.74, 6) is 0.138. The van der Waals surface area contributed by atoms with Crippen LogP contribution in [0.4, 0.5) is 5.69 Å². The number of rotatable bonds is 7. The predicted molar refractivity (Wildman–Crippen MR) is 126 cm³/mol. The standard InChI is InChI=1S/C25H29N5O3/c1-17-8-6-10-22(18(17)2)28-24(31)16-29(15-20-9-7-13-33-20)25(32)21-14-27-30(19(21)3)23-11-4-5-12-26-23/h4-6,8,10-12,14,20H,7,9,13,15-16H2,1-3H3,(H,28,31). The molecular formula is C25H29N5O3. The van der Waals surface area contributed by atoms with Gasteiger partial charge in [-0.15, -0.1) is 0 Å². The summed E-state index contributed by atoms with van der Waals surface area (Å²) in [7, 11) is 0. The third-order valence-corrected chi connectivity index (χ3v) is 6.05. The maximum Gasteiger partial charge on any atom is 0.257 e. The molecule has 1 atom stereocenters. The average molecular weight is 448 g/mol. The molecule has 8 heteroatoms. The van der Waals surface area contributed by atoms with Crippen LogP contribution in [0.15, 0.2) is 48.8 Å². The average Bonchev–Trinajstić information content (AvgIpc) is 3.46. The van der Waals surface area contributed by atoms with Crippen LogP contribution in [0.2, 0.25) is 0 Å². The molecular weight excluding hydrogens is 418 g/mol. The van der Waals surface area contributed by atoms with E-state index >= 15 is 0 Å². The molecule has 3 aromatic rings. The van der Waals surface area contributed by atoms with Gasteiger partial charge in [-0.25, -0.2) is 9.67 Å². The maximum atomic E-state index is 13.5. The van der Waals surface area contributed by atoms with Gasteiger partial charge in [-0.1, -0.05) is 18.2 Å². The van der Waals surface area contributed by atoms with E-state index in [1.165, 1.54) is 6.20 Å². The van der Waals surface area contributed by atoms with Gasteiger partial charge in [0.2, 0.25) is 5.91 Å². The van der Waals surface area contributed by atoms with E-state index in [4.69, 9.17) is 4.74 Å². The van der Waals surface area contributed by atoms with E-state index in [0.717, 1.165) is 29.7 Å². The van der Waals surface area contributed by atoms with Crippen LogP contribution >= 0.6 is 0 Å². The molecule has 2 aromatic heterocycles. The Balaban J connectivity index is 1.55. The minimum absolute atomic E-state index is 0.0692. The van der Waals surface area contributed by atoms with E-state index in [1.54, 1.807) is 15.8 Å². The minimum atomic E-state index is -0.249. The van der Waals surface area contributed by atoms with Crippen LogP contribution in [-0.2, 0) is 9.53 Å². The summed E-state index contributed by atoms with van der Waals surface area (Å²) < 4.78 is 7.39. The van der Waals surface area contributed by atoms with E-state index in [9.17, 15) is 9.59 Å². The first-order valence-corrected chi connectivity index (χ1v) is 11.2. The number of aryl methyl sites for hydroxylation is 1. The fourth-order valence-electron chi connectivity index (χ4n) is 4.00. The maximum absolute atomic E-state index is 13.5. The Hall–Kier alpha value is -3.52. The summed E-state index contributed by atoms with van der Waals surface area (Å²) in [5.41, 5.74) is 3.97. The SMILES string of the molecule is Cc1cccc(NC(=O)CN(CC2CCCO2)C(=O)c2cnn(-c3ccccn3)c2C)c1C. The molecule has 1 aliphatic rings. The number of nitrogens with one attached hydrogen (secondary N) is 1. The number of hydrogen-bond acceptors (Lipinski definition) is 5. The van der Waals surface area contributed by atoms with Crippen molar-refractivity contribution in [1.82, 2.24) is 19.7 Å². The lowest BCUT2D eigenvalue weighted by molar-refractivity contribution is -0.117. The number of ether oxygens (including phenoxy) is 1. The molecule has 1 unspecified atom stereocenters. The fraction of sp³-hybridized carbons (Fsp3) is 0.360. The molecule has 3 heterocycles. The van der Waals surface area contributed by atoms with Crippen molar-refractivity contribution in [2.24, 2.45) is 0 Å². The minimum Gasteiger partial charge on any atom is -0.376 e. The third-order valence-electron chi connectivity index (χ3n) is 6.05. The Labute approximate surface area is 193 Å². The smallest absolute Gasteiger partial charge is 0.257 e. The van der Waals surface area contributed by atoms with Crippen LogP contribution in [0.3, 0.4) is 0 Å². The molecule has 1 aromatic carbocycles. The van der Waals surface area contributed by atoms with Gasteiger partial charge in [0.1, 0.15) is 6.54 Å². The van der Waals surface area contributed by atoms with Crippen LogP contribution in [0.5, 0.6) is 0 Å². The van der Waals surface area contributed by atoms with Crippen LogP contribution in [-0.4, -0.2) is 57.3 Å². The lowest BCUT2D eigenvalue weighted by Crippen LogP contribution is -2.42. The van der Waals surface area contributed by atoms with Crippen molar-refractivity contribution in [2.45, 2.75) is 39.7 Å². The molecule has 1 saturated heterocycles. The normalized spacial score (nSPS) is 15.4. The molecule has 8 nitrogen and oxygen atoms in total. The van der Waals surface area contributed by atoms with Crippen molar-refractivity contribution in [3.63, 3.8) is 0 Å². The molecule has 33 heavy (non-hydrogen) atoms. The second kappa shape index (κ2) is 9.95. The van der Waals surface area contributed by atoms with Crippen molar-refractivity contribution in [3.05, 3.63) is 71.2 Å². The zero-order chi connectivity index (χ0) is 23.4. The highest BCUT2D eigenvalue weighted by molar-refractivity contribution is 6.00. The summed E-state index contributed by atoms with van der Waals surface area (Å²) in [6, 6.07) is 11.3. The number of anilines is 1. The lowest BCUT2D eigenvalue weighted by Gasteiger charge is -2.25. The number of carbonyl (C=O) groups is 2. The molecule has 1 fully saturated rings. The topological polar surface area (TPSA) is 89.4 Å². The second-order valence-electron chi connectivity index (χ2n) is 8.36. The molecule has 1 N–H and O–H groups in total. The Morgan fingerprint density at radius 1 is 1.18 bits per heavy atom. The van der Waals surface area contributed by atoms with Gasteiger partial charge >= 0.3 is 0 Å². The summed E-state index contributed by atoms with van der Waals surface area (Å²) in [6.07, 6.45) is 4.97. The Morgan fingerprint density at radius 3 is 2.76 bits per heavy atom.